The van der Waals surface area contributed by atoms with Crippen LogP contribution in [0.4, 0.5) is 0 Å². The third-order valence-corrected chi connectivity index (χ3v) is 4.79. The summed E-state index contributed by atoms with van der Waals surface area (Å²) >= 11 is 0. The van der Waals surface area contributed by atoms with E-state index in [-0.39, 0.29) is 11.4 Å². The van der Waals surface area contributed by atoms with Crippen molar-refractivity contribution in [2.24, 2.45) is 17.3 Å². The minimum Gasteiger partial charge on any atom is -0.462 e. The van der Waals surface area contributed by atoms with Gasteiger partial charge in [-0.3, -0.25) is 0 Å². The first-order chi connectivity index (χ1) is 9.00. The van der Waals surface area contributed by atoms with Gasteiger partial charge in [0, 0.05) is 11.5 Å². The molecule has 102 valence electrons. The molecule has 1 aromatic rings. The lowest BCUT2D eigenvalue weighted by Crippen LogP contribution is -2.15. The summed E-state index contributed by atoms with van der Waals surface area (Å²) in [5.41, 5.74) is 1.45. The van der Waals surface area contributed by atoms with E-state index in [0.717, 1.165) is 0 Å². The minimum atomic E-state index is -0.327. The Kier molecular flexibility index (Phi) is 3.79. The highest BCUT2D eigenvalue weighted by Crippen LogP contribution is 2.64. The highest BCUT2D eigenvalue weighted by Gasteiger charge is 2.61. The van der Waals surface area contributed by atoms with Crippen molar-refractivity contribution >= 4 is 5.97 Å². The van der Waals surface area contributed by atoms with E-state index in [1.165, 1.54) is 11.6 Å². The second-order valence-electron chi connectivity index (χ2n) is 5.83. The molecule has 1 aliphatic rings. The summed E-state index contributed by atoms with van der Waals surface area (Å²) < 4.78 is 5.25. The minimum absolute atomic E-state index is 0.0912. The van der Waals surface area contributed by atoms with Gasteiger partial charge in [0.05, 0.1) is 6.61 Å². The van der Waals surface area contributed by atoms with Crippen LogP contribution >= 0.6 is 0 Å². The topological polar surface area (TPSA) is 26.3 Å². The van der Waals surface area contributed by atoms with Crippen LogP contribution in [-0.4, -0.2) is 12.6 Å². The Morgan fingerprint density at radius 3 is 2.68 bits per heavy atom. The van der Waals surface area contributed by atoms with E-state index >= 15 is 0 Å². The molecule has 1 saturated carbocycles. The van der Waals surface area contributed by atoms with E-state index in [1.54, 1.807) is 0 Å². The van der Waals surface area contributed by atoms with Gasteiger partial charge in [0.2, 0.25) is 0 Å². The average molecular weight is 258 g/mol. The predicted molar refractivity (Wildman–Crippen MR) is 76.8 cm³/mol. The van der Waals surface area contributed by atoms with E-state index in [1.807, 2.05) is 6.07 Å². The molecule has 0 unspecified atom stereocenters. The van der Waals surface area contributed by atoms with Crippen LogP contribution in [0.3, 0.4) is 0 Å². The highest BCUT2D eigenvalue weighted by atomic mass is 16.5. The Morgan fingerprint density at radius 2 is 2.11 bits per heavy atom. The molecule has 0 bridgehead atoms. The van der Waals surface area contributed by atoms with E-state index < -0.39 is 0 Å². The molecule has 1 aliphatic carbocycles. The summed E-state index contributed by atoms with van der Waals surface area (Å²) in [7, 11) is 0. The first-order valence-corrected chi connectivity index (χ1v) is 6.85. The van der Waals surface area contributed by atoms with Gasteiger partial charge in [-0.15, -0.1) is 0 Å². The zero-order valence-electron chi connectivity index (χ0n) is 11.9. The van der Waals surface area contributed by atoms with Gasteiger partial charge in [0.15, 0.2) is 0 Å². The van der Waals surface area contributed by atoms with Crippen LogP contribution in [0.5, 0.6) is 0 Å². The third kappa shape index (κ3) is 2.58. The average Bonchev–Trinajstić information content (AvgIpc) is 2.98. The van der Waals surface area contributed by atoms with Crippen molar-refractivity contribution in [1.29, 1.82) is 0 Å². The van der Waals surface area contributed by atoms with Gasteiger partial charge >= 0.3 is 5.97 Å². The molecule has 1 aromatic carbocycles. The summed E-state index contributed by atoms with van der Waals surface area (Å²) in [6.45, 7) is 10.6. The summed E-state index contributed by atoms with van der Waals surface area (Å²) in [6, 6.07) is 10.5. The first-order valence-electron chi connectivity index (χ1n) is 6.85. The number of esters is 1. The number of rotatable bonds is 5. The molecule has 0 aromatic heterocycles. The van der Waals surface area contributed by atoms with Crippen molar-refractivity contribution in [3.8, 4) is 0 Å². The molecular weight excluding hydrogens is 236 g/mol. The van der Waals surface area contributed by atoms with Crippen molar-refractivity contribution in [2.45, 2.75) is 26.7 Å². The van der Waals surface area contributed by atoms with Crippen LogP contribution in [0.25, 0.3) is 0 Å². The molecule has 0 saturated heterocycles. The van der Waals surface area contributed by atoms with Gasteiger partial charge in [0.25, 0.3) is 0 Å². The van der Waals surface area contributed by atoms with E-state index in [9.17, 15) is 4.79 Å². The maximum Gasteiger partial charge on any atom is 0.330 e. The molecule has 0 N–H and O–H groups in total. The van der Waals surface area contributed by atoms with Crippen LogP contribution in [0.15, 0.2) is 43.0 Å². The molecule has 0 aliphatic heterocycles. The predicted octanol–water partition coefficient (Wildman–Crippen LogP) is 3.79. The van der Waals surface area contributed by atoms with Gasteiger partial charge in [0.1, 0.15) is 0 Å². The van der Waals surface area contributed by atoms with Crippen molar-refractivity contribution in [2.75, 3.05) is 6.61 Å². The molecule has 0 amide bonds. The molecular formula is C17H22O2. The number of benzene rings is 1. The Bertz CT molecular complexity index is 465. The summed E-state index contributed by atoms with van der Waals surface area (Å²) in [6.07, 6.45) is 1.23. The maximum absolute atomic E-state index is 11.2. The van der Waals surface area contributed by atoms with Crippen molar-refractivity contribution in [3.63, 3.8) is 0 Å². The first kappa shape index (κ1) is 13.9. The molecule has 19 heavy (non-hydrogen) atoms. The second kappa shape index (κ2) is 5.20. The molecule has 2 rings (SSSR count). The fraction of sp³-hybridized carbons (Fsp3) is 0.471. The van der Waals surface area contributed by atoms with E-state index in [0.29, 0.717) is 24.4 Å². The largest absolute Gasteiger partial charge is 0.462 e. The zero-order valence-corrected chi connectivity index (χ0v) is 11.9. The Balaban J connectivity index is 2.03. The summed E-state index contributed by atoms with van der Waals surface area (Å²) in [4.78, 5) is 11.2. The number of carbonyl (C=O) groups is 1. The normalized spacial score (nSPS) is 30.5. The monoisotopic (exact) mass is 258 g/mol. The molecule has 0 heterocycles. The third-order valence-electron chi connectivity index (χ3n) is 4.79. The number of hydrogen-bond acceptors (Lipinski definition) is 2. The highest BCUT2D eigenvalue weighted by molar-refractivity contribution is 5.81. The maximum atomic E-state index is 11.2. The fourth-order valence-corrected chi connectivity index (χ4v) is 3.32. The van der Waals surface area contributed by atoms with Crippen molar-refractivity contribution in [3.05, 3.63) is 48.6 Å². The quantitative estimate of drug-likeness (QED) is 0.593. The fourth-order valence-electron chi connectivity index (χ4n) is 3.32. The van der Waals surface area contributed by atoms with Crippen LogP contribution in [-0.2, 0) is 9.53 Å². The SMILES string of the molecule is C=CC(=O)OC[C@@]1(C)[C@H]([C@@H](C)c2ccccc2)[C@@H]1C. The van der Waals surface area contributed by atoms with Gasteiger partial charge in [-0.2, -0.15) is 0 Å². The van der Waals surface area contributed by atoms with Crippen LogP contribution in [0.1, 0.15) is 32.3 Å². The number of hydrogen-bond donors (Lipinski definition) is 0. The zero-order chi connectivity index (χ0) is 14.0. The Labute approximate surface area is 115 Å². The van der Waals surface area contributed by atoms with Gasteiger partial charge in [-0.05, 0) is 23.3 Å². The lowest BCUT2D eigenvalue weighted by molar-refractivity contribution is -0.139. The van der Waals surface area contributed by atoms with E-state index in [4.69, 9.17) is 4.74 Å². The van der Waals surface area contributed by atoms with Gasteiger partial charge in [-0.25, -0.2) is 4.79 Å². The summed E-state index contributed by atoms with van der Waals surface area (Å²) in [5.74, 6) is 1.29. The smallest absolute Gasteiger partial charge is 0.330 e. The number of ether oxygens (including phenoxy) is 1. The van der Waals surface area contributed by atoms with Crippen molar-refractivity contribution < 1.29 is 9.53 Å². The molecule has 4 atom stereocenters. The Hall–Kier alpha value is -1.57. The van der Waals surface area contributed by atoms with Gasteiger partial charge in [-0.1, -0.05) is 57.7 Å². The van der Waals surface area contributed by atoms with Gasteiger partial charge < -0.3 is 4.74 Å². The van der Waals surface area contributed by atoms with Crippen LogP contribution < -0.4 is 0 Å². The molecule has 0 spiro atoms. The lowest BCUT2D eigenvalue weighted by atomic mass is 9.91. The summed E-state index contributed by atoms with van der Waals surface area (Å²) in [5, 5.41) is 0. The molecule has 2 nitrogen and oxygen atoms in total. The van der Waals surface area contributed by atoms with Crippen LogP contribution in [0.2, 0.25) is 0 Å². The standard InChI is InChI=1S/C17H22O2/c1-5-15(18)19-11-17(4)13(3)16(17)12(2)14-9-7-6-8-10-14/h5-10,12-13,16H,1,11H2,2-4H3/t12-,13-,16+,17+/m0/s1. The Morgan fingerprint density at radius 1 is 1.47 bits per heavy atom. The van der Waals surface area contributed by atoms with Crippen LogP contribution in [0, 0.1) is 17.3 Å². The second-order valence-corrected chi connectivity index (χ2v) is 5.83. The van der Waals surface area contributed by atoms with E-state index in [2.05, 4.69) is 51.6 Å². The molecule has 0 radical (unpaired) electrons. The molecule has 2 heteroatoms. The number of carbonyl (C=O) groups excluding carboxylic acids is 1. The van der Waals surface area contributed by atoms with Crippen molar-refractivity contribution in [1.82, 2.24) is 0 Å². The molecule has 1 fully saturated rings. The lowest BCUT2D eigenvalue weighted by Gasteiger charge is -2.16.